The summed E-state index contributed by atoms with van der Waals surface area (Å²) in [5.41, 5.74) is 0.760. The van der Waals surface area contributed by atoms with Gasteiger partial charge >= 0.3 is 0 Å². The molecule has 0 aliphatic carbocycles. The van der Waals surface area contributed by atoms with Crippen LogP contribution < -0.4 is 10.6 Å². The molecule has 2 amide bonds. The maximum absolute atomic E-state index is 11.7. The maximum atomic E-state index is 11.7. The molecule has 0 aliphatic rings. The van der Waals surface area contributed by atoms with E-state index in [1.54, 1.807) is 24.8 Å². The summed E-state index contributed by atoms with van der Waals surface area (Å²) in [5, 5.41) is 9.09. The Morgan fingerprint density at radius 2 is 1.95 bits per heavy atom. The number of aryl methyl sites for hydroxylation is 1. The first-order chi connectivity index (χ1) is 10.5. The molecule has 0 atom stereocenters. The molecule has 6 nitrogen and oxygen atoms in total. The molecular weight excluding hydrogens is 302 g/mol. The van der Waals surface area contributed by atoms with Gasteiger partial charge in [-0.3, -0.25) is 9.59 Å². The summed E-state index contributed by atoms with van der Waals surface area (Å²) in [5.74, 6) is 1.55. The second kappa shape index (κ2) is 7.65. The Balaban J connectivity index is 1.73. The Kier molecular flexibility index (Phi) is 5.60. The molecule has 0 unspecified atom stereocenters. The van der Waals surface area contributed by atoms with Gasteiger partial charge in [-0.2, -0.15) is 0 Å². The van der Waals surface area contributed by atoms with Crippen LogP contribution in [-0.2, 0) is 9.59 Å². The number of nitrogens with one attached hydrogen (secondary N) is 2. The van der Waals surface area contributed by atoms with Gasteiger partial charge in [-0.05, 0) is 31.2 Å². The molecule has 0 bridgehead atoms. The lowest BCUT2D eigenvalue weighted by Crippen LogP contribution is -2.12. The first kappa shape index (κ1) is 16.1. The number of nitrogens with zero attached hydrogens (tertiary/aromatic N) is 1. The molecule has 0 saturated carbocycles. The molecule has 2 rings (SSSR count). The van der Waals surface area contributed by atoms with Gasteiger partial charge < -0.3 is 15.2 Å². The number of aromatic nitrogens is 1. The minimum atomic E-state index is -0.101. The molecular formula is C15H17N3O3S. The lowest BCUT2D eigenvalue weighted by Gasteiger charge is -2.04. The van der Waals surface area contributed by atoms with Crippen molar-refractivity contribution in [3.63, 3.8) is 0 Å². The predicted molar refractivity (Wildman–Crippen MR) is 86.0 cm³/mol. The zero-order valence-corrected chi connectivity index (χ0v) is 13.2. The van der Waals surface area contributed by atoms with E-state index in [0.29, 0.717) is 23.8 Å². The van der Waals surface area contributed by atoms with Gasteiger partial charge in [-0.25, -0.2) is 0 Å². The predicted octanol–water partition coefficient (Wildman–Crippen LogP) is 3.06. The van der Waals surface area contributed by atoms with E-state index < -0.39 is 0 Å². The molecule has 116 valence electrons. The number of hydrogen-bond acceptors (Lipinski definition) is 5. The van der Waals surface area contributed by atoms with Crippen molar-refractivity contribution in [1.29, 1.82) is 0 Å². The van der Waals surface area contributed by atoms with Gasteiger partial charge in [-0.1, -0.05) is 5.16 Å². The summed E-state index contributed by atoms with van der Waals surface area (Å²) in [6.45, 7) is 3.24. The highest BCUT2D eigenvalue weighted by Crippen LogP contribution is 2.21. The zero-order chi connectivity index (χ0) is 15.9. The molecule has 2 aromatic rings. The highest BCUT2D eigenvalue weighted by molar-refractivity contribution is 7.99. The number of thioether (sulfide) groups is 1. The Morgan fingerprint density at radius 1 is 1.23 bits per heavy atom. The van der Waals surface area contributed by atoms with Crippen LogP contribution in [-0.4, -0.2) is 22.7 Å². The number of carbonyl (C=O) groups is 2. The second-order valence-electron chi connectivity index (χ2n) is 4.68. The topological polar surface area (TPSA) is 84.2 Å². The average Bonchev–Trinajstić information content (AvgIpc) is 2.85. The van der Waals surface area contributed by atoms with E-state index >= 15 is 0 Å². The zero-order valence-electron chi connectivity index (χ0n) is 12.4. The van der Waals surface area contributed by atoms with Crippen LogP contribution in [0, 0.1) is 6.92 Å². The Labute approximate surface area is 132 Å². The van der Waals surface area contributed by atoms with Crippen LogP contribution in [0.3, 0.4) is 0 Å². The van der Waals surface area contributed by atoms with Crippen LogP contribution in [0.4, 0.5) is 11.5 Å². The molecule has 1 heterocycles. The van der Waals surface area contributed by atoms with E-state index in [1.807, 2.05) is 24.3 Å². The van der Waals surface area contributed by atoms with Crippen molar-refractivity contribution in [3.05, 3.63) is 36.1 Å². The lowest BCUT2D eigenvalue weighted by atomic mass is 10.3. The molecule has 0 radical (unpaired) electrons. The fraction of sp³-hybridized carbons (Fsp3) is 0.267. The standard InChI is InChI=1S/C15H17N3O3S/c1-10-9-14(18-21-10)17-15(20)7-8-22-13-5-3-12(4-6-13)16-11(2)19/h3-6,9H,7-8H2,1-2H3,(H,16,19)(H,17,18,20). The van der Waals surface area contributed by atoms with Gasteiger partial charge in [-0.15, -0.1) is 11.8 Å². The summed E-state index contributed by atoms with van der Waals surface area (Å²) in [6, 6.07) is 9.17. The fourth-order valence-electron chi connectivity index (χ4n) is 1.73. The molecule has 2 N–H and O–H groups in total. The van der Waals surface area contributed by atoms with Gasteiger partial charge in [0.15, 0.2) is 5.82 Å². The third-order valence-electron chi connectivity index (χ3n) is 2.67. The van der Waals surface area contributed by atoms with E-state index in [2.05, 4.69) is 15.8 Å². The highest BCUT2D eigenvalue weighted by atomic mass is 32.2. The minimum Gasteiger partial charge on any atom is -0.360 e. The van der Waals surface area contributed by atoms with Crippen LogP contribution in [0.5, 0.6) is 0 Å². The third-order valence-corrected chi connectivity index (χ3v) is 3.68. The Hall–Kier alpha value is -2.28. The van der Waals surface area contributed by atoms with Gasteiger partial charge in [0.05, 0.1) is 0 Å². The molecule has 0 spiro atoms. The summed E-state index contributed by atoms with van der Waals surface area (Å²) >= 11 is 1.57. The van der Waals surface area contributed by atoms with E-state index in [-0.39, 0.29) is 11.8 Å². The quantitative estimate of drug-likeness (QED) is 0.799. The molecule has 22 heavy (non-hydrogen) atoms. The number of hydrogen-bond donors (Lipinski definition) is 2. The summed E-state index contributed by atoms with van der Waals surface area (Å²) < 4.78 is 4.88. The van der Waals surface area contributed by atoms with Crippen LogP contribution in [0.1, 0.15) is 19.1 Å². The number of amides is 2. The van der Waals surface area contributed by atoms with Crippen LogP contribution in [0.15, 0.2) is 39.8 Å². The van der Waals surface area contributed by atoms with Crippen molar-refractivity contribution in [2.45, 2.75) is 25.2 Å². The van der Waals surface area contributed by atoms with Crippen molar-refractivity contribution < 1.29 is 14.1 Å². The third kappa shape index (κ3) is 5.25. The lowest BCUT2D eigenvalue weighted by molar-refractivity contribution is -0.116. The maximum Gasteiger partial charge on any atom is 0.226 e. The summed E-state index contributed by atoms with van der Waals surface area (Å²) in [7, 11) is 0. The van der Waals surface area contributed by atoms with Gasteiger partial charge in [0.25, 0.3) is 0 Å². The van der Waals surface area contributed by atoms with Crippen molar-refractivity contribution in [1.82, 2.24) is 5.16 Å². The fourth-order valence-corrected chi connectivity index (χ4v) is 2.58. The van der Waals surface area contributed by atoms with Gasteiger partial charge in [0.1, 0.15) is 5.76 Å². The van der Waals surface area contributed by atoms with E-state index in [9.17, 15) is 9.59 Å². The van der Waals surface area contributed by atoms with E-state index in [1.165, 1.54) is 6.92 Å². The van der Waals surface area contributed by atoms with Crippen molar-refractivity contribution in [2.24, 2.45) is 0 Å². The number of benzene rings is 1. The van der Waals surface area contributed by atoms with Crippen molar-refractivity contribution >= 4 is 35.1 Å². The van der Waals surface area contributed by atoms with Gasteiger partial charge in [0, 0.05) is 35.7 Å². The number of carbonyl (C=O) groups excluding carboxylic acids is 2. The molecule has 0 aliphatic heterocycles. The molecule has 0 saturated heterocycles. The smallest absolute Gasteiger partial charge is 0.226 e. The van der Waals surface area contributed by atoms with E-state index in [4.69, 9.17) is 4.52 Å². The van der Waals surface area contributed by atoms with Gasteiger partial charge in [0.2, 0.25) is 11.8 Å². The normalized spacial score (nSPS) is 10.3. The minimum absolute atomic E-state index is 0.0971. The molecule has 0 fully saturated rings. The molecule has 1 aromatic heterocycles. The number of rotatable bonds is 6. The van der Waals surface area contributed by atoms with Crippen molar-refractivity contribution in [3.8, 4) is 0 Å². The van der Waals surface area contributed by atoms with Crippen molar-refractivity contribution in [2.75, 3.05) is 16.4 Å². The first-order valence-corrected chi connectivity index (χ1v) is 7.75. The Morgan fingerprint density at radius 3 is 2.55 bits per heavy atom. The highest BCUT2D eigenvalue weighted by Gasteiger charge is 2.06. The average molecular weight is 319 g/mol. The SMILES string of the molecule is CC(=O)Nc1ccc(SCCC(=O)Nc2cc(C)on2)cc1. The van der Waals surface area contributed by atoms with Crippen LogP contribution in [0.25, 0.3) is 0 Å². The number of anilines is 2. The monoisotopic (exact) mass is 319 g/mol. The Bertz CT molecular complexity index is 652. The molecule has 7 heteroatoms. The first-order valence-electron chi connectivity index (χ1n) is 6.76. The summed E-state index contributed by atoms with van der Waals surface area (Å²) in [4.78, 5) is 23.7. The largest absolute Gasteiger partial charge is 0.360 e. The second-order valence-corrected chi connectivity index (χ2v) is 5.84. The van der Waals surface area contributed by atoms with Crippen LogP contribution in [0.2, 0.25) is 0 Å². The van der Waals surface area contributed by atoms with Crippen LogP contribution >= 0.6 is 11.8 Å². The summed E-state index contributed by atoms with van der Waals surface area (Å²) in [6.07, 6.45) is 0.379. The molecule has 1 aromatic carbocycles. The van der Waals surface area contributed by atoms with E-state index in [0.717, 1.165) is 10.6 Å².